The summed E-state index contributed by atoms with van der Waals surface area (Å²) >= 11 is 0. The third-order valence-electron chi connectivity index (χ3n) is 6.07. The highest BCUT2D eigenvalue weighted by atomic mass is 35.5. The Morgan fingerprint density at radius 2 is 1.75 bits per heavy atom. The number of hydrogen-bond donors (Lipinski definition) is 0. The molecule has 28 heavy (non-hydrogen) atoms. The zero-order valence-corrected chi connectivity index (χ0v) is 17.8. The summed E-state index contributed by atoms with van der Waals surface area (Å²) in [5.74, 6) is -1.20. The van der Waals surface area contributed by atoms with E-state index >= 15 is 0 Å². The summed E-state index contributed by atoms with van der Waals surface area (Å²) < 4.78 is 65.8. The molecule has 1 saturated heterocycles. The largest absolute Gasteiger partial charge is 0.391 e. The molecule has 3 rings (SSSR count). The van der Waals surface area contributed by atoms with E-state index in [-0.39, 0.29) is 37.3 Å². The molecule has 1 aliphatic heterocycles. The Morgan fingerprint density at radius 3 is 2.32 bits per heavy atom. The van der Waals surface area contributed by atoms with Crippen molar-refractivity contribution in [3.05, 3.63) is 29.8 Å². The van der Waals surface area contributed by atoms with Crippen molar-refractivity contribution in [2.45, 2.75) is 62.2 Å². The fourth-order valence-electron chi connectivity index (χ4n) is 4.33. The first-order valence-electron chi connectivity index (χ1n) is 9.44. The Bertz CT molecular complexity index is 765. The molecule has 1 aromatic carbocycles. The normalized spacial score (nSPS) is 25.1. The van der Waals surface area contributed by atoms with Crippen molar-refractivity contribution in [3.63, 3.8) is 0 Å². The van der Waals surface area contributed by atoms with Crippen LogP contribution in [0.1, 0.15) is 37.7 Å². The minimum absolute atomic E-state index is 0. The maximum atomic E-state index is 12.9. The van der Waals surface area contributed by atoms with Crippen molar-refractivity contribution in [3.8, 4) is 0 Å². The summed E-state index contributed by atoms with van der Waals surface area (Å²) in [4.78, 5) is 2.41. The summed E-state index contributed by atoms with van der Waals surface area (Å²) in [5, 5.41) is 0. The third-order valence-corrected chi connectivity index (χ3v) is 7.97. The second-order valence-electron chi connectivity index (χ2n) is 7.81. The molecular weight excluding hydrogens is 413 g/mol. The predicted molar refractivity (Wildman–Crippen MR) is 105 cm³/mol. The van der Waals surface area contributed by atoms with Crippen LogP contribution in [0.25, 0.3) is 0 Å². The Balaban J connectivity index is 0.00000280. The lowest BCUT2D eigenvalue weighted by Crippen LogP contribution is -2.44. The first kappa shape index (κ1) is 23.4. The molecule has 2 atom stereocenters. The SMILES string of the molecule is Cc1cccc(S(=O)(=O)N(C)C2CCC(N3CCC(C(F)(F)F)CC3)C2)c1.Cl. The molecule has 1 aromatic rings. The maximum absolute atomic E-state index is 12.9. The molecule has 1 heterocycles. The monoisotopic (exact) mass is 440 g/mol. The molecule has 2 aliphatic rings. The highest BCUT2D eigenvalue weighted by Gasteiger charge is 2.43. The van der Waals surface area contributed by atoms with Gasteiger partial charge in [-0.1, -0.05) is 12.1 Å². The van der Waals surface area contributed by atoms with Gasteiger partial charge in [-0.3, -0.25) is 0 Å². The van der Waals surface area contributed by atoms with Gasteiger partial charge in [-0.2, -0.15) is 17.5 Å². The number of sulfonamides is 1. The number of likely N-dealkylation sites (tertiary alicyclic amines) is 1. The van der Waals surface area contributed by atoms with Gasteiger partial charge in [0, 0.05) is 19.1 Å². The summed E-state index contributed by atoms with van der Waals surface area (Å²) in [5.41, 5.74) is 0.890. The molecule has 0 radical (unpaired) electrons. The highest BCUT2D eigenvalue weighted by molar-refractivity contribution is 7.89. The van der Waals surface area contributed by atoms with Crippen molar-refractivity contribution in [1.29, 1.82) is 0 Å². The van der Waals surface area contributed by atoms with Crippen LogP contribution in [0.5, 0.6) is 0 Å². The number of hydrogen-bond acceptors (Lipinski definition) is 3. The van der Waals surface area contributed by atoms with E-state index in [9.17, 15) is 21.6 Å². The average Bonchev–Trinajstić information content (AvgIpc) is 3.10. The topological polar surface area (TPSA) is 40.6 Å². The summed E-state index contributed by atoms with van der Waals surface area (Å²) in [6, 6.07) is 6.92. The lowest BCUT2D eigenvalue weighted by molar-refractivity contribution is -0.186. The van der Waals surface area contributed by atoms with Gasteiger partial charge in [-0.15, -0.1) is 12.4 Å². The Morgan fingerprint density at radius 1 is 1.11 bits per heavy atom. The Hall–Kier alpha value is -0.830. The molecule has 2 unspecified atom stereocenters. The van der Waals surface area contributed by atoms with E-state index in [0.29, 0.717) is 24.4 Å². The van der Waals surface area contributed by atoms with Crippen LogP contribution in [0.2, 0.25) is 0 Å². The van der Waals surface area contributed by atoms with E-state index in [4.69, 9.17) is 0 Å². The molecule has 0 N–H and O–H groups in total. The van der Waals surface area contributed by atoms with Crippen molar-refractivity contribution >= 4 is 22.4 Å². The van der Waals surface area contributed by atoms with Crippen LogP contribution in [0.3, 0.4) is 0 Å². The van der Waals surface area contributed by atoms with Gasteiger partial charge >= 0.3 is 6.18 Å². The number of halogens is 4. The van der Waals surface area contributed by atoms with Crippen LogP contribution in [0.4, 0.5) is 13.2 Å². The first-order chi connectivity index (χ1) is 12.6. The van der Waals surface area contributed by atoms with Crippen LogP contribution in [0.15, 0.2) is 29.2 Å². The number of benzene rings is 1. The quantitative estimate of drug-likeness (QED) is 0.703. The van der Waals surface area contributed by atoms with Crippen molar-refractivity contribution in [1.82, 2.24) is 9.21 Å². The Kier molecular flexibility index (Phi) is 7.45. The molecule has 1 aliphatic carbocycles. The van der Waals surface area contributed by atoms with E-state index in [1.165, 1.54) is 4.31 Å². The van der Waals surface area contributed by atoms with Crippen molar-refractivity contribution in [2.75, 3.05) is 20.1 Å². The van der Waals surface area contributed by atoms with Gasteiger partial charge in [0.15, 0.2) is 0 Å². The van der Waals surface area contributed by atoms with Gasteiger partial charge in [0.1, 0.15) is 0 Å². The summed E-state index contributed by atoms with van der Waals surface area (Å²) in [7, 11) is -1.95. The van der Waals surface area contributed by atoms with Crippen LogP contribution >= 0.6 is 12.4 Å². The third kappa shape index (κ3) is 5.01. The highest BCUT2D eigenvalue weighted by Crippen LogP contribution is 2.37. The van der Waals surface area contributed by atoms with Crippen LogP contribution in [0, 0.1) is 12.8 Å². The van der Waals surface area contributed by atoms with Gasteiger partial charge in [0.05, 0.1) is 10.8 Å². The molecule has 160 valence electrons. The number of alkyl halides is 3. The first-order valence-corrected chi connectivity index (χ1v) is 10.9. The summed E-state index contributed by atoms with van der Waals surface area (Å²) in [6.45, 7) is 2.74. The molecule has 4 nitrogen and oxygen atoms in total. The van der Waals surface area contributed by atoms with Gasteiger partial charge in [0.25, 0.3) is 0 Å². The van der Waals surface area contributed by atoms with E-state index in [1.54, 1.807) is 25.2 Å². The number of aryl methyl sites for hydroxylation is 1. The molecule has 0 bridgehead atoms. The molecule has 2 fully saturated rings. The molecule has 0 amide bonds. The molecular formula is C19H28ClF3N2O2S. The van der Waals surface area contributed by atoms with Crippen LogP contribution in [-0.2, 0) is 10.0 Å². The van der Waals surface area contributed by atoms with Crippen molar-refractivity contribution in [2.24, 2.45) is 5.92 Å². The zero-order chi connectivity index (χ0) is 19.8. The van der Waals surface area contributed by atoms with Crippen LogP contribution < -0.4 is 0 Å². The van der Waals surface area contributed by atoms with Gasteiger partial charge in [-0.05, 0) is 69.8 Å². The smallest absolute Gasteiger partial charge is 0.300 e. The second-order valence-corrected chi connectivity index (χ2v) is 9.81. The predicted octanol–water partition coefficient (Wildman–Crippen LogP) is 4.23. The maximum Gasteiger partial charge on any atom is 0.391 e. The zero-order valence-electron chi connectivity index (χ0n) is 16.2. The standard InChI is InChI=1S/C19H27F3N2O2S.ClH/c1-14-4-3-5-18(12-14)27(25,26)23(2)16-6-7-17(13-16)24-10-8-15(9-11-24)19(20,21)22;/h3-5,12,15-17H,6-11,13H2,1-2H3;1H. The summed E-state index contributed by atoms with van der Waals surface area (Å²) in [6.07, 6.45) is -1.57. The van der Waals surface area contributed by atoms with Gasteiger partial charge in [-0.25, -0.2) is 8.42 Å². The molecule has 1 saturated carbocycles. The van der Waals surface area contributed by atoms with E-state index in [1.807, 2.05) is 13.0 Å². The number of rotatable bonds is 4. The molecule has 0 aromatic heterocycles. The Labute approximate surface area is 171 Å². The number of nitrogens with zero attached hydrogens (tertiary/aromatic N) is 2. The number of piperidine rings is 1. The van der Waals surface area contributed by atoms with Gasteiger partial charge in [0.2, 0.25) is 10.0 Å². The van der Waals surface area contributed by atoms with Crippen LogP contribution in [-0.4, -0.2) is 56.0 Å². The van der Waals surface area contributed by atoms with Crippen molar-refractivity contribution < 1.29 is 21.6 Å². The van der Waals surface area contributed by atoms with Gasteiger partial charge < -0.3 is 4.90 Å². The molecule has 0 spiro atoms. The lowest BCUT2D eigenvalue weighted by Gasteiger charge is -2.37. The van der Waals surface area contributed by atoms with E-state index < -0.39 is 22.1 Å². The fourth-order valence-corrected chi connectivity index (χ4v) is 5.83. The molecule has 9 heteroatoms. The second kappa shape index (κ2) is 8.90. The van der Waals surface area contributed by atoms with E-state index in [2.05, 4.69) is 4.90 Å². The fraction of sp³-hybridized carbons (Fsp3) is 0.684. The minimum atomic E-state index is -4.10. The average molecular weight is 441 g/mol. The van der Waals surface area contributed by atoms with E-state index in [0.717, 1.165) is 18.4 Å². The lowest BCUT2D eigenvalue weighted by atomic mass is 9.95. The minimum Gasteiger partial charge on any atom is -0.300 e.